The predicted molar refractivity (Wildman–Crippen MR) is 284 cm³/mol. The van der Waals surface area contributed by atoms with Crippen molar-refractivity contribution in [2.75, 3.05) is 13.2 Å². The number of carbonyl (C=O) groups is 1. The Kier molecular flexibility index (Phi) is 44.8. The third-order valence-electron chi connectivity index (χ3n) is 13.9. The number of amides is 1. The molecule has 1 aliphatic heterocycles. The Labute approximate surface area is 422 Å². The molecule has 0 aromatic rings. The summed E-state index contributed by atoms with van der Waals surface area (Å²) in [6.45, 7) is 3.39. The molecule has 1 fully saturated rings. The first kappa shape index (κ1) is 65.3. The van der Waals surface area contributed by atoms with Crippen LogP contribution in [0.15, 0.2) is 36.5 Å². The predicted octanol–water partition coefficient (Wildman–Crippen LogP) is 11.9. The number of nitrogens with one attached hydrogen (secondary N) is 1. The minimum Gasteiger partial charge on any atom is -0.394 e. The maximum atomic E-state index is 13.1. The molecular formula is C58H109NO10. The standard InChI is InChI=1S/C58H109NO10/c1-3-5-7-9-11-13-15-16-17-18-19-20-21-22-23-24-25-26-27-28-29-30-31-32-33-34-36-38-40-42-44-46-51(62)57(67)59-49(48-68-58-56(66)55(65)54(64)52(47-60)69-58)53(63)50(61)45-43-41-39-37-35-14-12-10-8-6-4-2/h10,12,22-23,37,39,49-56,58,60-66H,3-9,11,13-21,24-36,38,40-48H2,1-2H3,(H,59,67)/b12-10+,23-22-,39-37+. The Morgan fingerprint density at radius 3 is 1.33 bits per heavy atom. The summed E-state index contributed by atoms with van der Waals surface area (Å²) in [7, 11) is 0. The van der Waals surface area contributed by atoms with Crippen LogP contribution in [-0.4, -0.2) is 110 Å². The van der Waals surface area contributed by atoms with Crippen LogP contribution in [0, 0.1) is 0 Å². The lowest BCUT2D eigenvalue weighted by Gasteiger charge is -2.40. The van der Waals surface area contributed by atoms with Gasteiger partial charge in [-0.3, -0.25) is 4.79 Å². The van der Waals surface area contributed by atoms with Gasteiger partial charge in [-0.05, 0) is 70.6 Å². The van der Waals surface area contributed by atoms with E-state index in [9.17, 15) is 40.5 Å². The summed E-state index contributed by atoms with van der Waals surface area (Å²) in [5, 5.41) is 75.8. The van der Waals surface area contributed by atoms with Crippen LogP contribution < -0.4 is 5.32 Å². The fourth-order valence-electron chi connectivity index (χ4n) is 9.15. The van der Waals surface area contributed by atoms with Gasteiger partial charge in [0.25, 0.3) is 0 Å². The molecule has 1 saturated heterocycles. The lowest BCUT2D eigenvalue weighted by molar-refractivity contribution is -0.303. The van der Waals surface area contributed by atoms with Crippen molar-refractivity contribution in [1.82, 2.24) is 5.32 Å². The number of unbranched alkanes of at least 4 members (excludes halogenated alkanes) is 31. The number of hydrogen-bond acceptors (Lipinski definition) is 10. The maximum Gasteiger partial charge on any atom is 0.249 e. The zero-order valence-corrected chi connectivity index (χ0v) is 44.3. The quantitative estimate of drug-likeness (QED) is 0.0215. The van der Waals surface area contributed by atoms with E-state index in [2.05, 4.69) is 55.6 Å². The molecule has 0 spiro atoms. The first-order chi connectivity index (χ1) is 33.7. The average molecular weight is 981 g/mol. The van der Waals surface area contributed by atoms with Crippen molar-refractivity contribution in [3.63, 3.8) is 0 Å². The minimum atomic E-state index is -1.67. The zero-order valence-electron chi connectivity index (χ0n) is 44.3. The zero-order chi connectivity index (χ0) is 50.4. The fourth-order valence-corrected chi connectivity index (χ4v) is 9.15. The highest BCUT2D eigenvalue weighted by Crippen LogP contribution is 2.23. The van der Waals surface area contributed by atoms with Gasteiger partial charge in [-0.25, -0.2) is 0 Å². The largest absolute Gasteiger partial charge is 0.394 e. The van der Waals surface area contributed by atoms with Crippen molar-refractivity contribution in [3.8, 4) is 0 Å². The van der Waals surface area contributed by atoms with Gasteiger partial charge < -0.3 is 50.5 Å². The van der Waals surface area contributed by atoms with Gasteiger partial charge in [-0.1, -0.05) is 224 Å². The van der Waals surface area contributed by atoms with Crippen LogP contribution in [-0.2, 0) is 14.3 Å². The number of carbonyl (C=O) groups excluding carboxylic acids is 1. The Hall–Kier alpha value is -1.67. The van der Waals surface area contributed by atoms with Crippen LogP contribution >= 0.6 is 0 Å². The van der Waals surface area contributed by atoms with E-state index in [1.54, 1.807) is 0 Å². The van der Waals surface area contributed by atoms with Crippen LogP contribution in [0.25, 0.3) is 0 Å². The molecule has 9 unspecified atom stereocenters. The Balaban J connectivity index is 2.20. The van der Waals surface area contributed by atoms with Crippen molar-refractivity contribution in [2.45, 2.75) is 313 Å². The molecule has 69 heavy (non-hydrogen) atoms. The molecule has 9 atom stereocenters. The number of aliphatic hydroxyl groups is 7. The van der Waals surface area contributed by atoms with Gasteiger partial charge >= 0.3 is 0 Å². The second kappa shape index (κ2) is 47.3. The molecule has 1 heterocycles. The third kappa shape index (κ3) is 36.0. The highest BCUT2D eigenvalue weighted by molar-refractivity contribution is 5.80. The van der Waals surface area contributed by atoms with E-state index in [0.717, 1.165) is 38.5 Å². The van der Waals surface area contributed by atoms with Crippen LogP contribution in [0.3, 0.4) is 0 Å². The molecule has 0 saturated carbocycles. The SMILES string of the molecule is CCCC/C=C/CC/C=C/CCCC(O)C(O)C(COC1OC(CO)C(O)C(O)C1O)NC(=O)C(O)CCCCCCCCCCCCCCCCC/C=C\CCCCCCCCCCCCCC. The summed E-state index contributed by atoms with van der Waals surface area (Å²) in [6.07, 6.45) is 46.7. The van der Waals surface area contributed by atoms with Gasteiger partial charge in [0.2, 0.25) is 5.91 Å². The Morgan fingerprint density at radius 2 is 0.884 bits per heavy atom. The summed E-state index contributed by atoms with van der Waals surface area (Å²) in [6, 6.07) is -1.19. The van der Waals surface area contributed by atoms with Gasteiger partial charge in [0.15, 0.2) is 6.29 Å². The minimum absolute atomic E-state index is 0.246. The molecule has 11 heteroatoms. The molecule has 8 N–H and O–H groups in total. The van der Waals surface area contributed by atoms with E-state index in [1.165, 1.54) is 173 Å². The van der Waals surface area contributed by atoms with E-state index in [1.807, 2.05) is 0 Å². The van der Waals surface area contributed by atoms with E-state index in [-0.39, 0.29) is 12.8 Å². The molecule has 0 aliphatic carbocycles. The number of ether oxygens (including phenoxy) is 2. The Bertz CT molecular complexity index is 1210. The van der Waals surface area contributed by atoms with E-state index >= 15 is 0 Å². The lowest BCUT2D eigenvalue weighted by Crippen LogP contribution is -2.60. The molecular weight excluding hydrogens is 871 g/mol. The fraction of sp³-hybridized carbons (Fsp3) is 0.879. The average Bonchev–Trinajstić information content (AvgIpc) is 3.35. The van der Waals surface area contributed by atoms with Crippen LogP contribution in [0.4, 0.5) is 0 Å². The number of hydrogen-bond donors (Lipinski definition) is 8. The van der Waals surface area contributed by atoms with Crippen molar-refractivity contribution >= 4 is 5.91 Å². The lowest BCUT2D eigenvalue weighted by atomic mass is 9.98. The van der Waals surface area contributed by atoms with Crippen molar-refractivity contribution in [1.29, 1.82) is 0 Å². The van der Waals surface area contributed by atoms with Crippen LogP contribution in [0.5, 0.6) is 0 Å². The highest BCUT2D eigenvalue weighted by Gasteiger charge is 2.44. The third-order valence-corrected chi connectivity index (χ3v) is 13.9. The first-order valence-corrected chi connectivity index (χ1v) is 28.9. The molecule has 1 amide bonds. The molecule has 11 nitrogen and oxygen atoms in total. The molecule has 1 rings (SSSR count). The topological polar surface area (TPSA) is 189 Å². The second-order valence-corrected chi connectivity index (χ2v) is 20.3. The van der Waals surface area contributed by atoms with Crippen molar-refractivity contribution in [3.05, 3.63) is 36.5 Å². The summed E-state index contributed by atoms with van der Waals surface area (Å²) in [5.74, 6) is -0.710. The van der Waals surface area contributed by atoms with Crippen molar-refractivity contribution in [2.24, 2.45) is 0 Å². The second-order valence-electron chi connectivity index (χ2n) is 20.3. The van der Waals surface area contributed by atoms with Crippen LogP contribution in [0.2, 0.25) is 0 Å². The molecule has 0 radical (unpaired) electrons. The molecule has 0 bridgehead atoms. The van der Waals surface area contributed by atoms with Gasteiger partial charge in [0.1, 0.15) is 36.6 Å². The maximum absolute atomic E-state index is 13.1. The van der Waals surface area contributed by atoms with Crippen LogP contribution in [0.1, 0.15) is 258 Å². The van der Waals surface area contributed by atoms with Gasteiger partial charge in [-0.2, -0.15) is 0 Å². The highest BCUT2D eigenvalue weighted by atomic mass is 16.7. The van der Waals surface area contributed by atoms with E-state index in [0.29, 0.717) is 19.3 Å². The number of aliphatic hydroxyl groups excluding tert-OH is 7. The normalized spacial score (nSPS) is 20.6. The summed E-state index contributed by atoms with van der Waals surface area (Å²) >= 11 is 0. The van der Waals surface area contributed by atoms with E-state index in [4.69, 9.17) is 9.47 Å². The number of allylic oxidation sites excluding steroid dienone is 6. The van der Waals surface area contributed by atoms with Gasteiger partial charge in [-0.15, -0.1) is 0 Å². The monoisotopic (exact) mass is 980 g/mol. The van der Waals surface area contributed by atoms with Crippen molar-refractivity contribution < 1.29 is 50.0 Å². The van der Waals surface area contributed by atoms with Gasteiger partial charge in [0.05, 0.1) is 25.4 Å². The molecule has 0 aromatic heterocycles. The summed E-state index contributed by atoms with van der Waals surface area (Å²) < 4.78 is 11.1. The summed E-state index contributed by atoms with van der Waals surface area (Å²) in [4.78, 5) is 13.1. The first-order valence-electron chi connectivity index (χ1n) is 28.9. The Morgan fingerprint density at radius 1 is 0.493 bits per heavy atom. The number of rotatable bonds is 49. The summed E-state index contributed by atoms with van der Waals surface area (Å²) in [5.41, 5.74) is 0. The smallest absolute Gasteiger partial charge is 0.249 e. The molecule has 0 aromatic carbocycles. The molecule has 406 valence electrons. The van der Waals surface area contributed by atoms with E-state index < -0.39 is 74.2 Å². The van der Waals surface area contributed by atoms with Gasteiger partial charge in [0, 0.05) is 0 Å². The molecule has 1 aliphatic rings.